The van der Waals surface area contributed by atoms with Crippen LogP contribution in [0.25, 0.3) is 0 Å². The van der Waals surface area contributed by atoms with Crippen LogP contribution < -0.4 is 17.2 Å². The zero-order chi connectivity index (χ0) is 26.5. The molecule has 9 nitrogen and oxygen atoms in total. The molecule has 1 saturated carbocycles. The Balaban J connectivity index is 2.36. The number of carbonyl (C=O) groups is 2. The van der Waals surface area contributed by atoms with Crippen molar-refractivity contribution in [1.82, 2.24) is 14.3 Å². The van der Waals surface area contributed by atoms with Crippen molar-refractivity contribution in [1.29, 1.82) is 0 Å². The third-order valence-electron chi connectivity index (χ3n) is 6.86. The Kier molecular flexibility index (Phi) is 14.2. The van der Waals surface area contributed by atoms with Gasteiger partial charge in [0.05, 0.1) is 6.54 Å². The zero-order valence-electron chi connectivity index (χ0n) is 22.7. The molecule has 1 aliphatic heterocycles. The quantitative estimate of drug-likeness (QED) is 0.0817. The van der Waals surface area contributed by atoms with Crippen molar-refractivity contribution in [2.24, 2.45) is 29.0 Å². The maximum absolute atomic E-state index is 13.4. The molecular formula is C26H50N6O3S. The molecule has 0 aromatic carbocycles. The van der Waals surface area contributed by atoms with E-state index < -0.39 is 6.04 Å². The fraction of sp³-hybridized carbons (Fsp3) is 0.846. The topological polar surface area (TPSA) is 131 Å². The van der Waals surface area contributed by atoms with Crippen molar-refractivity contribution in [2.75, 3.05) is 38.5 Å². The molecule has 2 aliphatic rings. The van der Waals surface area contributed by atoms with E-state index in [2.05, 4.69) is 20.8 Å². The number of hydrogen-bond acceptors (Lipinski definition) is 8. The van der Waals surface area contributed by atoms with Crippen LogP contribution in [-0.2, 0) is 14.4 Å². The molecule has 0 aromatic rings. The average Bonchev–Trinajstić information content (AvgIpc) is 2.79. The van der Waals surface area contributed by atoms with E-state index in [1.54, 1.807) is 4.90 Å². The SMILES string of the molecule is CC(C)CC(C)CN(OC(CCN)=C1CCC1)C1CN(SCCCCN)C(=O)C(CCCN)N1C=O. The fourth-order valence-electron chi connectivity index (χ4n) is 4.94. The summed E-state index contributed by atoms with van der Waals surface area (Å²) in [6.45, 7) is 9.35. The van der Waals surface area contributed by atoms with Crippen molar-refractivity contribution >= 4 is 24.3 Å². The van der Waals surface area contributed by atoms with Gasteiger partial charge in [0.1, 0.15) is 18.0 Å². The van der Waals surface area contributed by atoms with Crippen LogP contribution in [0.2, 0.25) is 0 Å². The molecule has 2 amide bonds. The van der Waals surface area contributed by atoms with Crippen LogP contribution in [0.3, 0.4) is 0 Å². The number of rotatable bonds is 18. The molecule has 36 heavy (non-hydrogen) atoms. The van der Waals surface area contributed by atoms with Crippen LogP contribution >= 0.6 is 11.9 Å². The van der Waals surface area contributed by atoms with Crippen LogP contribution in [0.4, 0.5) is 0 Å². The Morgan fingerprint density at radius 2 is 1.86 bits per heavy atom. The van der Waals surface area contributed by atoms with E-state index in [4.69, 9.17) is 22.0 Å². The smallest absolute Gasteiger partial charge is 0.255 e. The van der Waals surface area contributed by atoms with Crippen molar-refractivity contribution < 1.29 is 14.4 Å². The molecule has 0 radical (unpaired) electrons. The van der Waals surface area contributed by atoms with Gasteiger partial charge in [-0.3, -0.25) is 13.9 Å². The largest absolute Gasteiger partial charge is 0.408 e. The summed E-state index contributed by atoms with van der Waals surface area (Å²) in [5, 5.41) is 1.97. The van der Waals surface area contributed by atoms with Crippen LogP contribution in [-0.4, -0.2) is 77.3 Å². The Morgan fingerprint density at radius 3 is 2.42 bits per heavy atom. The van der Waals surface area contributed by atoms with E-state index in [1.165, 1.54) is 23.9 Å². The second kappa shape index (κ2) is 16.5. The minimum Gasteiger partial charge on any atom is -0.408 e. The molecule has 0 spiro atoms. The monoisotopic (exact) mass is 526 g/mol. The number of carbonyl (C=O) groups excluding carboxylic acids is 2. The lowest BCUT2D eigenvalue weighted by molar-refractivity contribution is -0.214. The van der Waals surface area contributed by atoms with Crippen LogP contribution in [0.5, 0.6) is 0 Å². The Labute approximate surface area is 222 Å². The van der Waals surface area contributed by atoms with E-state index in [1.807, 2.05) is 9.37 Å². The third kappa shape index (κ3) is 9.20. The lowest BCUT2D eigenvalue weighted by Gasteiger charge is -2.48. The summed E-state index contributed by atoms with van der Waals surface area (Å²) in [7, 11) is 0. The van der Waals surface area contributed by atoms with Gasteiger partial charge in [0.25, 0.3) is 5.91 Å². The third-order valence-corrected chi connectivity index (χ3v) is 7.97. The highest BCUT2D eigenvalue weighted by Gasteiger charge is 2.44. The molecule has 1 heterocycles. The second-order valence-electron chi connectivity index (χ2n) is 10.6. The summed E-state index contributed by atoms with van der Waals surface area (Å²) < 4.78 is 1.84. The average molecular weight is 527 g/mol. The van der Waals surface area contributed by atoms with Gasteiger partial charge in [-0.25, -0.2) is 0 Å². The van der Waals surface area contributed by atoms with Gasteiger partial charge in [-0.15, -0.1) is 5.06 Å². The van der Waals surface area contributed by atoms with Crippen molar-refractivity contribution in [3.05, 3.63) is 11.3 Å². The number of hydrogen-bond donors (Lipinski definition) is 3. The standard InChI is InChI=1S/C26H50N6O3S/c1-20(2)16-21(3)17-31(35-24(11-14-29)22-8-6-9-22)25-18-32(36-15-5-4-12-27)26(34)23(10-7-13-28)30(25)19-33/h19-21,23,25H,4-18,27-29H2,1-3H3. The van der Waals surface area contributed by atoms with Gasteiger partial charge >= 0.3 is 0 Å². The van der Waals surface area contributed by atoms with Crippen molar-refractivity contribution in [2.45, 2.75) is 90.8 Å². The summed E-state index contributed by atoms with van der Waals surface area (Å²) in [5.41, 5.74) is 18.7. The van der Waals surface area contributed by atoms with Gasteiger partial charge in [-0.2, -0.15) is 0 Å². The number of unbranched alkanes of at least 4 members (excludes halogenated alkanes) is 1. The normalized spacial score (nSPS) is 21.2. The number of hydroxylamine groups is 2. The maximum Gasteiger partial charge on any atom is 0.255 e. The Morgan fingerprint density at radius 1 is 1.14 bits per heavy atom. The van der Waals surface area contributed by atoms with Gasteiger partial charge in [0, 0.05) is 18.7 Å². The van der Waals surface area contributed by atoms with Gasteiger partial charge in [-0.1, -0.05) is 20.8 Å². The number of amides is 2. The zero-order valence-corrected chi connectivity index (χ0v) is 23.5. The maximum atomic E-state index is 13.4. The van der Waals surface area contributed by atoms with E-state index in [0.29, 0.717) is 63.8 Å². The predicted octanol–water partition coefficient (Wildman–Crippen LogP) is 2.81. The molecule has 0 aromatic heterocycles. The summed E-state index contributed by atoms with van der Waals surface area (Å²) in [4.78, 5) is 34.2. The summed E-state index contributed by atoms with van der Waals surface area (Å²) in [6.07, 6.45) is 8.48. The van der Waals surface area contributed by atoms with E-state index in [0.717, 1.165) is 50.0 Å². The predicted molar refractivity (Wildman–Crippen MR) is 147 cm³/mol. The Hall–Kier alpha value is -1.33. The lowest BCUT2D eigenvalue weighted by atomic mass is 9.90. The van der Waals surface area contributed by atoms with E-state index >= 15 is 0 Å². The van der Waals surface area contributed by atoms with Gasteiger partial charge in [0.2, 0.25) is 6.41 Å². The number of nitrogens with zero attached hydrogens (tertiary/aromatic N) is 3. The molecular weight excluding hydrogens is 476 g/mol. The van der Waals surface area contributed by atoms with Gasteiger partial charge in [0.15, 0.2) is 0 Å². The first-order chi connectivity index (χ1) is 17.4. The molecule has 3 unspecified atom stereocenters. The first-order valence-electron chi connectivity index (χ1n) is 13.8. The van der Waals surface area contributed by atoms with Crippen molar-refractivity contribution in [3.8, 4) is 0 Å². The molecule has 208 valence electrons. The fourth-order valence-corrected chi connectivity index (χ4v) is 5.98. The molecule has 2 rings (SSSR count). The number of allylic oxidation sites excluding steroid dienone is 1. The molecule has 1 saturated heterocycles. The molecule has 2 fully saturated rings. The van der Waals surface area contributed by atoms with Crippen LogP contribution in [0.1, 0.15) is 78.6 Å². The highest BCUT2D eigenvalue weighted by molar-refractivity contribution is 7.97. The first kappa shape index (κ1) is 30.9. The highest BCUT2D eigenvalue weighted by atomic mass is 32.2. The molecule has 3 atom stereocenters. The molecule has 0 bridgehead atoms. The summed E-state index contributed by atoms with van der Waals surface area (Å²) >= 11 is 1.54. The summed E-state index contributed by atoms with van der Waals surface area (Å²) in [6, 6.07) is -0.548. The minimum absolute atomic E-state index is 0.0285. The molecule has 10 heteroatoms. The number of piperazine rings is 1. The minimum atomic E-state index is -0.548. The molecule has 1 aliphatic carbocycles. The summed E-state index contributed by atoms with van der Waals surface area (Å²) in [5.74, 6) is 2.63. The highest BCUT2D eigenvalue weighted by Crippen LogP contribution is 2.33. The Bertz CT molecular complexity index is 701. The van der Waals surface area contributed by atoms with Gasteiger partial charge in [-0.05, 0) is 100 Å². The number of nitrogens with two attached hydrogens (primary N) is 3. The van der Waals surface area contributed by atoms with E-state index in [9.17, 15) is 9.59 Å². The second-order valence-corrected chi connectivity index (χ2v) is 11.7. The van der Waals surface area contributed by atoms with E-state index in [-0.39, 0.29) is 12.1 Å². The first-order valence-corrected chi connectivity index (χ1v) is 14.7. The van der Waals surface area contributed by atoms with Crippen LogP contribution in [0.15, 0.2) is 11.3 Å². The van der Waals surface area contributed by atoms with Crippen molar-refractivity contribution in [3.63, 3.8) is 0 Å². The van der Waals surface area contributed by atoms with Crippen LogP contribution in [0, 0.1) is 11.8 Å². The lowest BCUT2D eigenvalue weighted by Crippen LogP contribution is -2.65. The van der Waals surface area contributed by atoms with Gasteiger partial charge < -0.3 is 26.9 Å². The molecule has 6 N–H and O–H groups in total.